The number of carbonyl (C=O) groups is 1. The molecule has 1 aromatic heterocycles. The van der Waals surface area contributed by atoms with E-state index >= 15 is 0 Å². The Hall–Kier alpha value is -2.74. The Morgan fingerprint density at radius 1 is 1.07 bits per heavy atom. The second-order valence-corrected chi connectivity index (χ2v) is 8.88. The predicted molar refractivity (Wildman–Crippen MR) is 125 cm³/mol. The Morgan fingerprint density at radius 2 is 1.80 bits per heavy atom. The summed E-state index contributed by atoms with van der Waals surface area (Å²) in [5.74, 6) is -0.255. The van der Waals surface area contributed by atoms with Crippen LogP contribution in [0, 0.1) is 10.1 Å². The number of hydrogen-bond donors (Lipinski definition) is 0. The number of benzene rings is 3. The van der Waals surface area contributed by atoms with Crippen molar-refractivity contribution in [1.29, 1.82) is 0 Å². The molecule has 0 saturated heterocycles. The minimum absolute atomic E-state index is 0.0180. The van der Waals surface area contributed by atoms with E-state index in [0.29, 0.717) is 21.2 Å². The number of nitro benzene ring substituents is 1. The Morgan fingerprint density at radius 3 is 2.50 bits per heavy atom. The minimum atomic E-state index is -0.446. The van der Waals surface area contributed by atoms with Gasteiger partial charge in [-0.15, -0.1) is 11.3 Å². The monoisotopic (exact) mass is 500 g/mol. The Balaban J connectivity index is 1.77. The van der Waals surface area contributed by atoms with Gasteiger partial charge in [-0.05, 0) is 35.9 Å². The summed E-state index contributed by atoms with van der Waals surface area (Å²) < 4.78 is 1.81. The lowest BCUT2D eigenvalue weighted by Crippen LogP contribution is -2.30. The Kier molecular flexibility index (Phi) is 5.85. The van der Waals surface area contributed by atoms with Gasteiger partial charge in [-0.1, -0.05) is 57.9 Å². The molecule has 0 radical (unpaired) electrons. The number of halogens is 2. The van der Waals surface area contributed by atoms with Gasteiger partial charge in [0.2, 0.25) is 0 Å². The first-order valence-corrected chi connectivity index (χ1v) is 10.9. The fraction of sp³-hybridized carbons (Fsp3) is 0.0455. The molecule has 1 amide bonds. The van der Waals surface area contributed by atoms with Crippen LogP contribution in [0.5, 0.6) is 0 Å². The molecule has 0 saturated carbocycles. The third-order valence-corrected chi connectivity index (χ3v) is 6.77. The fourth-order valence-corrected chi connectivity index (χ4v) is 4.85. The average Bonchev–Trinajstić information content (AvgIpc) is 3.09. The van der Waals surface area contributed by atoms with Crippen molar-refractivity contribution in [3.63, 3.8) is 0 Å². The van der Waals surface area contributed by atoms with E-state index in [-0.39, 0.29) is 18.1 Å². The van der Waals surface area contributed by atoms with Crippen molar-refractivity contribution in [3.8, 4) is 0 Å². The summed E-state index contributed by atoms with van der Waals surface area (Å²) in [4.78, 5) is 26.3. The van der Waals surface area contributed by atoms with Crippen LogP contribution in [0.4, 0.5) is 11.4 Å². The van der Waals surface area contributed by atoms with Crippen molar-refractivity contribution in [3.05, 3.63) is 103 Å². The zero-order chi connectivity index (χ0) is 21.3. The van der Waals surface area contributed by atoms with Crippen LogP contribution in [0.25, 0.3) is 10.1 Å². The van der Waals surface area contributed by atoms with Gasteiger partial charge in [-0.3, -0.25) is 14.9 Å². The molecule has 150 valence electrons. The predicted octanol–water partition coefficient (Wildman–Crippen LogP) is 7.07. The minimum Gasteiger partial charge on any atom is -0.303 e. The summed E-state index contributed by atoms with van der Waals surface area (Å²) >= 11 is 11.3. The summed E-state index contributed by atoms with van der Waals surface area (Å²) in [6.07, 6.45) is 0. The fourth-order valence-electron chi connectivity index (χ4n) is 3.13. The van der Waals surface area contributed by atoms with Gasteiger partial charge in [0.25, 0.3) is 11.6 Å². The average molecular weight is 502 g/mol. The normalized spacial score (nSPS) is 10.9. The summed E-state index contributed by atoms with van der Waals surface area (Å²) in [7, 11) is 0. The van der Waals surface area contributed by atoms with E-state index in [0.717, 1.165) is 14.6 Å². The summed E-state index contributed by atoms with van der Waals surface area (Å²) in [6, 6.07) is 21.2. The molecule has 4 aromatic rings. The molecule has 0 atom stereocenters. The first-order chi connectivity index (χ1) is 14.4. The quantitative estimate of drug-likeness (QED) is 0.217. The third kappa shape index (κ3) is 4.09. The van der Waals surface area contributed by atoms with Crippen LogP contribution < -0.4 is 4.90 Å². The van der Waals surface area contributed by atoms with E-state index in [4.69, 9.17) is 11.6 Å². The van der Waals surface area contributed by atoms with Crippen molar-refractivity contribution in [2.75, 3.05) is 4.90 Å². The molecule has 1 heterocycles. The maximum absolute atomic E-state index is 13.6. The number of rotatable bonds is 5. The lowest BCUT2D eigenvalue weighted by Gasteiger charge is -2.23. The molecule has 4 rings (SSSR count). The van der Waals surface area contributed by atoms with Crippen LogP contribution in [0.2, 0.25) is 5.02 Å². The Bertz CT molecular complexity index is 1260. The van der Waals surface area contributed by atoms with Crippen molar-refractivity contribution >= 4 is 66.2 Å². The number of thiophene rings is 1. The van der Waals surface area contributed by atoms with Gasteiger partial charge in [0.05, 0.1) is 16.5 Å². The van der Waals surface area contributed by atoms with Gasteiger partial charge in [-0.2, -0.15) is 0 Å². The van der Waals surface area contributed by atoms with Gasteiger partial charge >= 0.3 is 0 Å². The second kappa shape index (κ2) is 8.55. The second-order valence-electron chi connectivity index (χ2n) is 6.54. The molecule has 30 heavy (non-hydrogen) atoms. The molecule has 0 unspecified atom stereocenters. The third-order valence-electron chi connectivity index (χ3n) is 4.57. The molecule has 5 nitrogen and oxygen atoms in total. The maximum Gasteiger partial charge on any atom is 0.270 e. The SMILES string of the molecule is O=C(c1sc2ccccc2c1Cl)N(Cc1cccc([N+](=O)[O-])c1)c1ccc(Br)cc1. The van der Waals surface area contributed by atoms with Crippen molar-refractivity contribution in [2.45, 2.75) is 6.54 Å². The Labute approximate surface area is 189 Å². The van der Waals surface area contributed by atoms with Crippen molar-refractivity contribution < 1.29 is 9.72 Å². The molecule has 0 spiro atoms. The van der Waals surface area contributed by atoms with E-state index in [1.54, 1.807) is 17.0 Å². The largest absolute Gasteiger partial charge is 0.303 e. The smallest absolute Gasteiger partial charge is 0.270 e. The number of nitrogens with zero attached hydrogens (tertiary/aromatic N) is 2. The van der Waals surface area contributed by atoms with Gasteiger partial charge < -0.3 is 4.90 Å². The highest BCUT2D eigenvalue weighted by Gasteiger charge is 2.24. The summed E-state index contributed by atoms with van der Waals surface area (Å²) in [6.45, 7) is 0.173. The lowest BCUT2D eigenvalue weighted by atomic mass is 10.1. The highest BCUT2D eigenvalue weighted by atomic mass is 79.9. The van der Waals surface area contributed by atoms with E-state index in [2.05, 4.69) is 15.9 Å². The number of amides is 1. The van der Waals surface area contributed by atoms with Crippen LogP contribution in [0.15, 0.2) is 77.3 Å². The molecule has 0 aliphatic heterocycles. The molecule has 8 heteroatoms. The molecule has 0 aliphatic rings. The number of fused-ring (bicyclic) bond motifs is 1. The van der Waals surface area contributed by atoms with Crippen molar-refractivity contribution in [1.82, 2.24) is 0 Å². The van der Waals surface area contributed by atoms with Crippen LogP contribution in [-0.4, -0.2) is 10.8 Å². The first kappa shape index (κ1) is 20.5. The number of nitro groups is 1. The first-order valence-electron chi connectivity index (χ1n) is 8.92. The number of non-ortho nitro benzene ring substituents is 1. The molecule has 0 N–H and O–H groups in total. The summed E-state index contributed by atoms with van der Waals surface area (Å²) in [5.41, 5.74) is 1.30. The number of anilines is 1. The van der Waals surface area contributed by atoms with E-state index < -0.39 is 4.92 Å². The highest BCUT2D eigenvalue weighted by Crippen LogP contribution is 2.37. The van der Waals surface area contributed by atoms with Gasteiger partial charge in [-0.25, -0.2) is 0 Å². The van der Waals surface area contributed by atoms with Gasteiger partial charge in [0.15, 0.2) is 0 Å². The summed E-state index contributed by atoms with van der Waals surface area (Å²) in [5, 5.41) is 12.4. The molecular formula is C22H14BrClN2O3S. The number of hydrogen-bond acceptors (Lipinski definition) is 4. The molecular weight excluding hydrogens is 488 g/mol. The van der Waals surface area contributed by atoms with Crippen LogP contribution in [-0.2, 0) is 6.54 Å². The maximum atomic E-state index is 13.6. The van der Waals surface area contributed by atoms with E-state index in [1.807, 2.05) is 48.5 Å². The van der Waals surface area contributed by atoms with Gasteiger partial charge in [0.1, 0.15) is 4.88 Å². The zero-order valence-electron chi connectivity index (χ0n) is 15.4. The van der Waals surface area contributed by atoms with Crippen LogP contribution in [0.1, 0.15) is 15.2 Å². The van der Waals surface area contributed by atoms with Crippen LogP contribution in [0.3, 0.4) is 0 Å². The van der Waals surface area contributed by atoms with Crippen molar-refractivity contribution in [2.24, 2.45) is 0 Å². The van der Waals surface area contributed by atoms with E-state index in [9.17, 15) is 14.9 Å². The standard InChI is InChI=1S/C22H14BrClN2O3S/c23-15-8-10-16(11-9-15)25(13-14-4-3-5-17(12-14)26(28)29)22(27)21-20(24)18-6-1-2-7-19(18)30-21/h1-12H,13H2. The lowest BCUT2D eigenvalue weighted by molar-refractivity contribution is -0.384. The van der Waals surface area contributed by atoms with Gasteiger partial charge in [0, 0.05) is 32.4 Å². The highest BCUT2D eigenvalue weighted by molar-refractivity contribution is 9.10. The molecule has 0 fully saturated rings. The molecule has 0 aliphatic carbocycles. The van der Waals surface area contributed by atoms with E-state index in [1.165, 1.54) is 23.5 Å². The molecule has 3 aromatic carbocycles. The van der Waals surface area contributed by atoms with Crippen LogP contribution >= 0.6 is 38.9 Å². The zero-order valence-corrected chi connectivity index (χ0v) is 18.6. The molecule has 0 bridgehead atoms. The topological polar surface area (TPSA) is 63.5 Å². The number of carbonyl (C=O) groups excluding carboxylic acids is 1.